The molecule has 0 fully saturated rings. The number of ether oxygens (including phenoxy) is 1. The minimum atomic E-state index is -4.47. The van der Waals surface area contributed by atoms with Crippen LogP contribution in [0.1, 0.15) is 12.5 Å². The van der Waals surface area contributed by atoms with Crippen molar-refractivity contribution in [3.8, 4) is 16.9 Å². The molecule has 0 aliphatic rings. The van der Waals surface area contributed by atoms with Crippen molar-refractivity contribution >= 4 is 44.7 Å². The lowest BCUT2D eigenvalue weighted by Gasteiger charge is -2.13. The van der Waals surface area contributed by atoms with Gasteiger partial charge in [-0.15, -0.1) is 11.3 Å². The van der Waals surface area contributed by atoms with E-state index in [1.807, 2.05) is 36.6 Å². The molecule has 0 aliphatic heterocycles. The van der Waals surface area contributed by atoms with Crippen LogP contribution in [0.5, 0.6) is 5.75 Å². The van der Waals surface area contributed by atoms with Gasteiger partial charge in [0.1, 0.15) is 22.7 Å². The third kappa shape index (κ3) is 4.06. The number of nitrogens with zero attached hydrogens (tertiary/aromatic N) is 2. The van der Waals surface area contributed by atoms with Crippen molar-refractivity contribution in [1.82, 2.24) is 9.97 Å². The van der Waals surface area contributed by atoms with Crippen LogP contribution in [-0.2, 0) is 6.18 Å². The first-order valence-electron chi connectivity index (χ1n) is 8.96. The lowest BCUT2D eigenvalue weighted by Crippen LogP contribution is -2.06. The zero-order valence-electron chi connectivity index (χ0n) is 15.6. The van der Waals surface area contributed by atoms with E-state index in [-0.39, 0.29) is 10.7 Å². The first kappa shape index (κ1) is 20.4. The fourth-order valence-corrected chi connectivity index (χ4v) is 4.09. The maximum atomic E-state index is 13.1. The van der Waals surface area contributed by atoms with Crippen molar-refractivity contribution in [2.75, 3.05) is 11.9 Å². The Morgan fingerprint density at radius 2 is 1.87 bits per heavy atom. The van der Waals surface area contributed by atoms with E-state index in [0.717, 1.165) is 29.0 Å². The topological polar surface area (TPSA) is 47.0 Å². The molecule has 0 unspecified atom stereocenters. The SMILES string of the molecule is CCOc1ccc(-c2csc3ncnc(Nc4cc(C(F)(F)F)ccc4Cl)c23)cc1. The van der Waals surface area contributed by atoms with Crippen molar-refractivity contribution in [2.24, 2.45) is 0 Å². The molecule has 4 rings (SSSR count). The summed E-state index contributed by atoms with van der Waals surface area (Å²) in [5.74, 6) is 1.14. The van der Waals surface area contributed by atoms with Crippen LogP contribution < -0.4 is 10.1 Å². The van der Waals surface area contributed by atoms with Gasteiger partial charge in [0.15, 0.2) is 0 Å². The van der Waals surface area contributed by atoms with Gasteiger partial charge in [0, 0.05) is 10.9 Å². The van der Waals surface area contributed by atoms with Gasteiger partial charge in [-0.2, -0.15) is 13.2 Å². The molecular formula is C21H15ClF3N3OS. The molecule has 4 aromatic rings. The number of thiophene rings is 1. The summed E-state index contributed by atoms with van der Waals surface area (Å²) in [5.41, 5.74) is 1.11. The van der Waals surface area contributed by atoms with E-state index in [1.165, 1.54) is 23.7 Å². The monoisotopic (exact) mass is 449 g/mol. The number of benzene rings is 2. The summed E-state index contributed by atoms with van der Waals surface area (Å²) in [6.45, 7) is 2.48. The van der Waals surface area contributed by atoms with E-state index in [0.29, 0.717) is 22.6 Å². The number of rotatable bonds is 5. The lowest BCUT2D eigenvalue weighted by molar-refractivity contribution is -0.137. The second kappa shape index (κ2) is 8.12. The van der Waals surface area contributed by atoms with E-state index >= 15 is 0 Å². The quantitative estimate of drug-likeness (QED) is 0.350. The predicted molar refractivity (Wildman–Crippen MR) is 114 cm³/mol. The summed E-state index contributed by atoms with van der Waals surface area (Å²) in [5, 5.41) is 5.76. The molecule has 2 aromatic carbocycles. The number of hydrogen-bond acceptors (Lipinski definition) is 5. The number of fused-ring (bicyclic) bond motifs is 1. The smallest absolute Gasteiger partial charge is 0.416 e. The molecule has 0 radical (unpaired) electrons. The highest BCUT2D eigenvalue weighted by Crippen LogP contribution is 2.40. The molecule has 0 atom stereocenters. The van der Waals surface area contributed by atoms with Gasteiger partial charge in [0.2, 0.25) is 0 Å². The van der Waals surface area contributed by atoms with Gasteiger partial charge in [0.25, 0.3) is 0 Å². The molecule has 0 bridgehead atoms. The Hall–Kier alpha value is -2.84. The summed E-state index contributed by atoms with van der Waals surface area (Å²) in [4.78, 5) is 9.25. The van der Waals surface area contributed by atoms with Crippen LogP contribution in [0.3, 0.4) is 0 Å². The molecule has 2 aromatic heterocycles. The molecule has 0 saturated heterocycles. The standard InChI is InChI=1S/C21H15ClF3N3OS/c1-2-29-14-6-3-12(4-7-14)15-10-30-20-18(15)19(26-11-27-20)28-17-9-13(21(23,24)25)5-8-16(17)22/h3-11H,2H2,1H3,(H,26,27,28). The third-order valence-electron chi connectivity index (χ3n) is 4.39. The van der Waals surface area contributed by atoms with Crippen molar-refractivity contribution in [2.45, 2.75) is 13.1 Å². The van der Waals surface area contributed by atoms with E-state index < -0.39 is 11.7 Å². The van der Waals surface area contributed by atoms with E-state index in [1.54, 1.807) is 0 Å². The van der Waals surface area contributed by atoms with E-state index in [2.05, 4.69) is 15.3 Å². The van der Waals surface area contributed by atoms with Crippen molar-refractivity contribution in [3.63, 3.8) is 0 Å². The first-order chi connectivity index (χ1) is 14.4. The molecule has 2 heterocycles. The van der Waals surface area contributed by atoms with Crippen molar-refractivity contribution in [3.05, 3.63) is 64.8 Å². The minimum Gasteiger partial charge on any atom is -0.494 e. The van der Waals surface area contributed by atoms with Crippen LogP contribution in [0, 0.1) is 0 Å². The van der Waals surface area contributed by atoms with Gasteiger partial charge in [-0.1, -0.05) is 23.7 Å². The Balaban J connectivity index is 1.77. The fourth-order valence-electron chi connectivity index (χ4n) is 3.00. The van der Waals surface area contributed by atoms with E-state index in [4.69, 9.17) is 16.3 Å². The summed E-state index contributed by atoms with van der Waals surface area (Å²) >= 11 is 7.56. The largest absolute Gasteiger partial charge is 0.494 e. The molecule has 0 saturated carbocycles. The van der Waals surface area contributed by atoms with Crippen LogP contribution in [0.25, 0.3) is 21.3 Å². The fraction of sp³-hybridized carbons (Fsp3) is 0.143. The van der Waals surface area contributed by atoms with Gasteiger partial charge in [-0.25, -0.2) is 9.97 Å². The second-order valence-electron chi connectivity index (χ2n) is 6.33. The minimum absolute atomic E-state index is 0.121. The number of halogens is 4. The molecular weight excluding hydrogens is 435 g/mol. The molecule has 0 aliphatic carbocycles. The normalized spacial score (nSPS) is 11.6. The van der Waals surface area contributed by atoms with Crippen LogP contribution in [0.2, 0.25) is 5.02 Å². The lowest BCUT2D eigenvalue weighted by atomic mass is 10.1. The highest BCUT2D eigenvalue weighted by atomic mass is 35.5. The molecule has 0 spiro atoms. The first-order valence-corrected chi connectivity index (χ1v) is 10.2. The Bertz CT molecular complexity index is 1190. The Labute approximate surface area is 179 Å². The van der Waals surface area contributed by atoms with Gasteiger partial charge < -0.3 is 10.1 Å². The van der Waals surface area contributed by atoms with Gasteiger partial charge >= 0.3 is 6.18 Å². The number of alkyl halides is 3. The molecule has 154 valence electrons. The van der Waals surface area contributed by atoms with Gasteiger partial charge in [-0.05, 0) is 42.8 Å². The zero-order valence-corrected chi connectivity index (χ0v) is 17.2. The highest BCUT2D eigenvalue weighted by molar-refractivity contribution is 7.17. The average Bonchev–Trinajstić information content (AvgIpc) is 3.15. The van der Waals surface area contributed by atoms with Crippen molar-refractivity contribution < 1.29 is 17.9 Å². The van der Waals surface area contributed by atoms with Crippen LogP contribution in [-0.4, -0.2) is 16.6 Å². The summed E-state index contributed by atoms with van der Waals surface area (Å²) in [6, 6.07) is 10.7. The molecule has 9 heteroatoms. The molecule has 4 nitrogen and oxygen atoms in total. The maximum Gasteiger partial charge on any atom is 0.416 e. The Morgan fingerprint density at radius 3 is 2.57 bits per heavy atom. The van der Waals surface area contributed by atoms with E-state index in [9.17, 15) is 13.2 Å². The molecule has 30 heavy (non-hydrogen) atoms. The Kier molecular flexibility index (Phi) is 5.53. The number of anilines is 2. The molecule has 0 amide bonds. The summed E-state index contributed by atoms with van der Waals surface area (Å²) < 4.78 is 44.8. The summed E-state index contributed by atoms with van der Waals surface area (Å²) in [6.07, 6.45) is -3.11. The Morgan fingerprint density at radius 1 is 1.10 bits per heavy atom. The third-order valence-corrected chi connectivity index (χ3v) is 5.61. The van der Waals surface area contributed by atoms with Gasteiger partial charge in [0.05, 0.1) is 28.3 Å². The number of nitrogens with one attached hydrogen (secondary N) is 1. The average molecular weight is 450 g/mol. The number of aromatic nitrogens is 2. The van der Waals surface area contributed by atoms with Crippen LogP contribution in [0.15, 0.2) is 54.2 Å². The summed E-state index contributed by atoms with van der Waals surface area (Å²) in [7, 11) is 0. The van der Waals surface area contributed by atoms with Gasteiger partial charge in [-0.3, -0.25) is 0 Å². The second-order valence-corrected chi connectivity index (χ2v) is 7.59. The zero-order chi connectivity index (χ0) is 21.3. The molecule has 1 N–H and O–H groups in total. The maximum absolute atomic E-state index is 13.1. The highest BCUT2D eigenvalue weighted by Gasteiger charge is 2.31. The number of hydrogen-bond donors (Lipinski definition) is 1. The predicted octanol–water partition coefficient (Wildman–Crippen LogP) is 7.17. The van der Waals surface area contributed by atoms with Crippen LogP contribution >= 0.6 is 22.9 Å². The van der Waals surface area contributed by atoms with Crippen LogP contribution in [0.4, 0.5) is 24.7 Å². The van der Waals surface area contributed by atoms with Crippen molar-refractivity contribution in [1.29, 1.82) is 0 Å².